The molecular weight excluding hydrogens is 279 g/mol. The lowest BCUT2D eigenvalue weighted by molar-refractivity contribution is 1.49. The van der Waals surface area contributed by atoms with Gasteiger partial charge in [0.25, 0.3) is 0 Å². The molecule has 0 spiro atoms. The molecule has 0 aliphatic rings. The molecule has 3 rings (SSSR count). The number of benzene rings is 2. The maximum absolute atomic E-state index is 2.28. The van der Waals surface area contributed by atoms with E-state index in [-0.39, 0.29) is 0 Å². The molecule has 2 heteroatoms. The fraction of sp³-hybridized carbons (Fsp3) is 0.111. The molecule has 1 aromatic heterocycles. The van der Waals surface area contributed by atoms with Gasteiger partial charge in [0.15, 0.2) is 0 Å². The van der Waals surface area contributed by atoms with Crippen LogP contribution in [0.3, 0.4) is 0 Å². The van der Waals surface area contributed by atoms with E-state index in [1.165, 1.54) is 26.4 Å². The van der Waals surface area contributed by atoms with Crippen LogP contribution < -0.4 is 15.2 Å². The van der Waals surface area contributed by atoms with Crippen LogP contribution in [0.25, 0.3) is 0 Å². The fourth-order valence-electron chi connectivity index (χ4n) is 2.19. The zero-order chi connectivity index (χ0) is 13.9. The van der Waals surface area contributed by atoms with Gasteiger partial charge in [-0.05, 0) is 43.8 Å². The first-order valence-electron chi connectivity index (χ1n) is 6.71. The van der Waals surface area contributed by atoms with E-state index >= 15 is 0 Å². The average molecular weight is 296 g/mol. The lowest BCUT2D eigenvalue weighted by Crippen LogP contribution is -2.18. The Hall–Kier alpha value is -1.43. The predicted molar refractivity (Wildman–Crippen MR) is 92.5 cm³/mol. The quantitative estimate of drug-likeness (QED) is 0.638. The minimum atomic E-state index is -0.415. The van der Waals surface area contributed by atoms with Gasteiger partial charge in [0.05, 0.1) is 0 Å². The van der Waals surface area contributed by atoms with Gasteiger partial charge in [0.1, 0.15) is 0 Å². The van der Waals surface area contributed by atoms with Crippen molar-refractivity contribution in [3.05, 3.63) is 77.2 Å². The van der Waals surface area contributed by atoms with Gasteiger partial charge in [-0.3, -0.25) is 0 Å². The summed E-state index contributed by atoms with van der Waals surface area (Å²) in [5, 5.41) is 5.03. The molecule has 0 atom stereocenters. The molecule has 0 radical (unpaired) electrons. The largest absolute Gasteiger partial charge is 0.143 e. The zero-order valence-electron chi connectivity index (χ0n) is 11.7. The van der Waals surface area contributed by atoms with E-state index in [0.717, 1.165) is 0 Å². The highest BCUT2D eigenvalue weighted by Crippen LogP contribution is 2.34. The number of aryl methyl sites for hydroxylation is 2. The third kappa shape index (κ3) is 2.85. The van der Waals surface area contributed by atoms with Gasteiger partial charge in [0, 0.05) is 4.62 Å². The second kappa shape index (κ2) is 5.91. The summed E-state index contributed by atoms with van der Waals surface area (Å²) in [7, 11) is -0.415. The standard InChI is InChI=1S/C18H17PS/c1-14-5-9-16(10-6-14)19(18-4-3-13-20-18)17-11-7-15(2)8-12-17/h3-13H,1-2H3. The summed E-state index contributed by atoms with van der Waals surface area (Å²) in [4.78, 5) is 0. The van der Waals surface area contributed by atoms with Gasteiger partial charge in [-0.2, -0.15) is 0 Å². The first kappa shape index (κ1) is 13.5. The Labute approximate surface area is 125 Å². The van der Waals surface area contributed by atoms with Crippen LogP contribution in [0.15, 0.2) is 66.0 Å². The summed E-state index contributed by atoms with van der Waals surface area (Å²) >= 11 is 1.86. The van der Waals surface area contributed by atoms with Crippen molar-refractivity contribution >= 4 is 34.5 Å². The highest BCUT2D eigenvalue weighted by Gasteiger charge is 2.16. The molecule has 0 nitrogen and oxygen atoms in total. The van der Waals surface area contributed by atoms with Crippen LogP contribution in [0, 0.1) is 13.8 Å². The van der Waals surface area contributed by atoms with E-state index in [0.29, 0.717) is 0 Å². The topological polar surface area (TPSA) is 0 Å². The normalized spacial score (nSPS) is 10.9. The summed E-state index contributed by atoms with van der Waals surface area (Å²) in [5.74, 6) is 0. The summed E-state index contributed by atoms with van der Waals surface area (Å²) in [6, 6.07) is 22.4. The third-order valence-electron chi connectivity index (χ3n) is 3.31. The Morgan fingerprint density at radius 1 is 0.700 bits per heavy atom. The molecule has 0 aliphatic carbocycles. The second-order valence-corrected chi connectivity index (χ2v) is 8.39. The second-order valence-electron chi connectivity index (χ2n) is 4.96. The van der Waals surface area contributed by atoms with Crippen LogP contribution in [-0.4, -0.2) is 0 Å². The minimum Gasteiger partial charge on any atom is -0.143 e. The Kier molecular flexibility index (Phi) is 4.00. The third-order valence-corrected chi connectivity index (χ3v) is 7.06. The monoisotopic (exact) mass is 296 g/mol. The molecule has 3 aromatic rings. The SMILES string of the molecule is Cc1ccc(P(c2ccc(C)cc2)c2cccs2)cc1. The van der Waals surface area contributed by atoms with Gasteiger partial charge in [-0.1, -0.05) is 65.7 Å². The molecule has 1 heterocycles. The molecule has 0 unspecified atom stereocenters. The van der Waals surface area contributed by atoms with E-state index in [1.807, 2.05) is 11.3 Å². The van der Waals surface area contributed by atoms with E-state index in [1.54, 1.807) is 0 Å². The van der Waals surface area contributed by atoms with Gasteiger partial charge in [-0.15, -0.1) is 11.3 Å². The zero-order valence-corrected chi connectivity index (χ0v) is 13.4. The Balaban J connectivity index is 2.09. The van der Waals surface area contributed by atoms with Crippen molar-refractivity contribution in [1.29, 1.82) is 0 Å². The number of thiophene rings is 1. The van der Waals surface area contributed by atoms with E-state index < -0.39 is 7.92 Å². The van der Waals surface area contributed by atoms with Crippen LogP contribution in [0.5, 0.6) is 0 Å². The molecule has 0 N–H and O–H groups in total. The van der Waals surface area contributed by atoms with Crippen LogP contribution >= 0.6 is 19.3 Å². The molecule has 0 saturated carbocycles. The van der Waals surface area contributed by atoms with Crippen molar-refractivity contribution in [2.45, 2.75) is 13.8 Å². The molecule has 0 saturated heterocycles. The van der Waals surface area contributed by atoms with Crippen molar-refractivity contribution in [2.75, 3.05) is 0 Å². The van der Waals surface area contributed by atoms with E-state index in [9.17, 15) is 0 Å². The van der Waals surface area contributed by atoms with Crippen LogP contribution in [0.4, 0.5) is 0 Å². The highest BCUT2D eigenvalue weighted by molar-refractivity contribution is 7.84. The molecule has 20 heavy (non-hydrogen) atoms. The van der Waals surface area contributed by atoms with Gasteiger partial charge < -0.3 is 0 Å². The van der Waals surface area contributed by atoms with Crippen LogP contribution in [0.2, 0.25) is 0 Å². The molecule has 2 aromatic carbocycles. The smallest absolute Gasteiger partial charge is 0.0368 e. The Bertz CT molecular complexity index is 621. The highest BCUT2D eigenvalue weighted by atomic mass is 32.1. The fourth-order valence-corrected chi connectivity index (χ4v) is 5.82. The van der Waals surface area contributed by atoms with Crippen LogP contribution in [0.1, 0.15) is 11.1 Å². The summed E-state index contributed by atoms with van der Waals surface area (Å²) < 4.78 is 1.47. The van der Waals surface area contributed by atoms with Gasteiger partial charge in [0.2, 0.25) is 0 Å². The average Bonchev–Trinajstić information content (AvgIpc) is 2.97. The Morgan fingerprint density at radius 3 is 1.60 bits per heavy atom. The lowest BCUT2D eigenvalue weighted by Gasteiger charge is -2.17. The molecule has 0 amide bonds. The van der Waals surface area contributed by atoms with Gasteiger partial charge in [-0.25, -0.2) is 0 Å². The first-order valence-corrected chi connectivity index (χ1v) is 8.93. The van der Waals surface area contributed by atoms with Gasteiger partial charge >= 0.3 is 0 Å². The molecule has 0 fully saturated rings. The summed E-state index contributed by atoms with van der Waals surface area (Å²) in [6.45, 7) is 4.28. The maximum atomic E-state index is 2.28. The number of rotatable bonds is 3. The molecule has 100 valence electrons. The summed E-state index contributed by atoms with van der Waals surface area (Å²) in [6.07, 6.45) is 0. The molecular formula is C18H17PS. The van der Waals surface area contributed by atoms with E-state index in [4.69, 9.17) is 0 Å². The lowest BCUT2D eigenvalue weighted by atomic mass is 10.2. The maximum Gasteiger partial charge on any atom is 0.0368 e. The van der Waals surface area contributed by atoms with Crippen molar-refractivity contribution in [2.24, 2.45) is 0 Å². The summed E-state index contributed by atoms with van der Waals surface area (Å²) in [5.41, 5.74) is 2.64. The van der Waals surface area contributed by atoms with Crippen molar-refractivity contribution in [3.63, 3.8) is 0 Å². The minimum absolute atomic E-state index is 0.415. The van der Waals surface area contributed by atoms with Crippen molar-refractivity contribution in [3.8, 4) is 0 Å². The number of hydrogen-bond acceptors (Lipinski definition) is 1. The van der Waals surface area contributed by atoms with E-state index in [2.05, 4.69) is 79.9 Å². The van der Waals surface area contributed by atoms with Crippen molar-refractivity contribution < 1.29 is 0 Å². The molecule has 0 aliphatic heterocycles. The van der Waals surface area contributed by atoms with Crippen LogP contribution in [-0.2, 0) is 0 Å². The Morgan fingerprint density at radius 2 is 1.20 bits per heavy atom. The molecule has 0 bridgehead atoms. The number of hydrogen-bond donors (Lipinski definition) is 0. The first-order chi connectivity index (χ1) is 9.74. The van der Waals surface area contributed by atoms with Crippen molar-refractivity contribution in [1.82, 2.24) is 0 Å². The predicted octanol–water partition coefficient (Wildman–Crippen LogP) is 4.12.